The van der Waals surface area contributed by atoms with E-state index in [2.05, 4.69) is 17.9 Å². The van der Waals surface area contributed by atoms with Crippen molar-refractivity contribution in [2.75, 3.05) is 13.2 Å². The van der Waals surface area contributed by atoms with Gasteiger partial charge in [-0.2, -0.15) is 0 Å². The summed E-state index contributed by atoms with van der Waals surface area (Å²) in [5, 5.41) is 0. The maximum Gasteiger partial charge on any atom is 0.308 e. The Morgan fingerprint density at radius 3 is 1.80 bits per heavy atom. The van der Waals surface area contributed by atoms with Crippen molar-refractivity contribution in [3.63, 3.8) is 0 Å². The molecule has 0 aliphatic heterocycles. The molecule has 0 spiro atoms. The highest BCUT2D eigenvalue weighted by atomic mass is 16.5. The molecule has 0 aliphatic carbocycles. The van der Waals surface area contributed by atoms with Crippen molar-refractivity contribution in [2.24, 2.45) is 5.92 Å². The Labute approximate surface area is 156 Å². The monoisotopic (exact) mass is 356 g/mol. The number of carbonyl (C=O) groups is 2. The zero-order valence-electron chi connectivity index (χ0n) is 17.7. The van der Waals surface area contributed by atoms with Gasteiger partial charge >= 0.3 is 11.9 Å². The van der Waals surface area contributed by atoms with Crippen LogP contribution in [0, 0.1) is 5.92 Å². The molecule has 25 heavy (non-hydrogen) atoms. The van der Waals surface area contributed by atoms with Crippen LogP contribution < -0.4 is 0 Å². The Kier molecular flexibility index (Phi) is 33.5. The normalized spacial score (nSPS) is 9.76. The Morgan fingerprint density at radius 1 is 1.00 bits per heavy atom. The fourth-order valence-corrected chi connectivity index (χ4v) is 1.30. The molecular formula is C21H40O4. The van der Waals surface area contributed by atoms with Crippen LogP contribution in [0.4, 0.5) is 0 Å². The van der Waals surface area contributed by atoms with E-state index in [1.165, 1.54) is 0 Å². The zero-order chi connectivity index (χ0) is 20.7. The third-order valence-electron chi connectivity index (χ3n) is 2.32. The molecule has 0 aliphatic rings. The highest BCUT2D eigenvalue weighted by Crippen LogP contribution is 2.12. The van der Waals surface area contributed by atoms with Crippen LogP contribution in [0.15, 0.2) is 37.0 Å². The fourth-order valence-electron chi connectivity index (χ4n) is 1.30. The van der Waals surface area contributed by atoms with Gasteiger partial charge in [0.15, 0.2) is 0 Å². The molecule has 4 heteroatoms. The Bertz CT molecular complexity index is 357. The number of hydrogen-bond acceptors (Lipinski definition) is 4. The van der Waals surface area contributed by atoms with Crippen LogP contribution in [-0.4, -0.2) is 25.2 Å². The van der Waals surface area contributed by atoms with Gasteiger partial charge in [-0.05, 0) is 20.3 Å². The van der Waals surface area contributed by atoms with Crippen molar-refractivity contribution < 1.29 is 19.1 Å². The van der Waals surface area contributed by atoms with Gasteiger partial charge < -0.3 is 9.47 Å². The van der Waals surface area contributed by atoms with Crippen molar-refractivity contribution in [3.05, 3.63) is 37.0 Å². The van der Waals surface area contributed by atoms with Gasteiger partial charge in [0.2, 0.25) is 0 Å². The summed E-state index contributed by atoms with van der Waals surface area (Å²) in [4.78, 5) is 21.4. The Hall–Kier alpha value is -1.84. The summed E-state index contributed by atoms with van der Waals surface area (Å²) in [6.45, 7) is 23.5. The number of hydrogen-bond donors (Lipinski definition) is 0. The molecule has 0 aromatic carbocycles. The van der Waals surface area contributed by atoms with E-state index < -0.39 is 0 Å². The summed E-state index contributed by atoms with van der Waals surface area (Å²) in [5.74, 6) is -0.417. The smallest absolute Gasteiger partial charge is 0.308 e. The van der Waals surface area contributed by atoms with Gasteiger partial charge in [-0.25, -0.2) is 0 Å². The van der Waals surface area contributed by atoms with Gasteiger partial charge in [-0.1, -0.05) is 78.5 Å². The third kappa shape index (κ3) is 27.3. The number of esters is 2. The van der Waals surface area contributed by atoms with Gasteiger partial charge in [-0.3, -0.25) is 9.59 Å². The second-order valence-electron chi connectivity index (χ2n) is 4.27. The first-order chi connectivity index (χ1) is 11.9. The van der Waals surface area contributed by atoms with E-state index in [1.807, 2.05) is 40.7 Å². The van der Waals surface area contributed by atoms with Crippen LogP contribution in [-0.2, 0) is 19.1 Å². The molecule has 1 atom stereocenters. The van der Waals surface area contributed by atoms with Crippen LogP contribution in [0.5, 0.6) is 0 Å². The van der Waals surface area contributed by atoms with Gasteiger partial charge in [-0.15, -0.1) is 0 Å². The van der Waals surface area contributed by atoms with E-state index in [9.17, 15) is 9.59 Å². The second kappa shape index (κ2) is 27.0. The summed E-state index contributed by atoms with van der Waals surface area (Å²) >= 11 is 0. The lowest BCUT2D eigenvalue weighted by Crippen LogP contribution is -2.14. The Morgan fingerprint density at radius 2 is 1.48 bits per heavy atom. The molecule has 4 nitrogen and oxygen atoms in total. The van der Waals surface area contributed by atoms with Crippen LogP contribution >= 0.6 is 0 Å². The molecule has 0 N–H and O–H groups in total. The lowest BCUT2D eigenvalue weighted by Gasteiger charge is -2.09. The first kappa shape index (κ1) is 31.0. The molecular weight excluding hydrogens is 316 g/mol. The van der Waals surface area contributed by atoms with E-state index in [0.717, 1.165) is 5.57 Å². The van der Waals surface area contributed by atoms with Crippen molar-refractivity contribution in [3.8, 4) is 0 Å². The largest absolute Gasteiger partial charge is 0.466 e. The minimum atomic E-state index is -0.166. The highest BCUT2D eigenvalue weighted by molar-refractivity contribution is 5.72. The predicted molar refractivity (Wildman–Crippen MR) is 109 cm³/mol. The highest BCUT2D eigenvalue weighted by Gasteiger charge is 2.13. The standard InChI is InChI=1S/C12H18O2.C5H10O2.2C2H6/c1-5-7-8-10(3)9-11(4)12(13)14-6-2;1-3-5(6)7-4-2;2*1-2/h5,7-8,11H,1,3,6,9H2,2,4H3;3-4H2,1-2H3;2*1-2H3/b8-7-;;;. The summed E-state index contributed by atoms with van der Waals surface area (Å²) in [6.07, 6.45) is 6.44. The number of carbonyl (C=O) groups excluding carboxylic acids is 2. The maximum absolute atomic E-state index is 11.2. The van der Waals surface area contributed by atoms with E-state index in [-0.39, 0.29) is 17.9 Å². The summed E-state index contributed by atoms with van der Waals surface area (Å²) in [7, 11) is 0. The molecule has 0 rings (SSSR count). The van der Waals surface area contributed by atoms with E-state index in [4.69, 9.17) is 4.74 Å². The lowest BCUT2D eigenvalue weighted by molar-refractivity contribution is -0.147. The molecule has 0 saturated heterocycles. The summed E-state index contributed by atoms with van der Waals surface area (Å²) < 4.78 is 9.44. The van der Waals surface area contributed by atoms with Gasteiger partial charge in [0, 0.05) is 6.42 Å². The quantitative estimate of drug-likeness (QED) is 0.402. The molecule has 0 radical (unpaired) electrons. The molecule has 0 saturated carbocycles. The lowest BCUT2D eigenvalue weighted by atomic mass is 10.0. The minimum Gasteiger partial charge on any atom is -0.466 e. The van der Waals surface area contributed by atoms with E-state index >= 15 is 0 Å². The van der Waals surface area contributed by atoms with Crippen LogP contribution in [0.3, 0.4) is 0 Å². The van der Waals surface area contributed by atoms with E-state index in [1.54, 1.807) is 32.9 Å². The van der Waals surface area contributed by atoms with E-state index in [0.29, 0.717) is 26.1 Å². The Balaban J connectivity index is -0.000000168. The average molecular weight is 357 g/mol. The first-order valence-corrected chi connectivity index (χ1v) is 9.21. The van der Waals surface area contributed by atoms with Crippen molar-refractivity contribution in [2.45, 2.75) is 68.2 Å². The molecule has 148 valence electrons. The summed E-state index contributed by atoms with van der Waals surface area (Å²) in [5.41, 5.74) is 0.908. The molecule has 0 aromatic rings. The third-order valence-corrected chi connectivity index (χ3v) is 2.32. The number of rotatable bonds is 8. The van der Waals surface area contributed by atoms with Crippen molar-refractivity contribution >= 4 is 11.9 Å². The minimum absolute atomic E-state index is 0.123. The molecule has 1 unspecified atom stereocenters. The van der Waals surface area contributed by atoms with Crippen LogP contribution in [0.25, 0.3) is 0 Å². The van der Waals surface area contributed by atoms with Gasteiger partial charge in [0.25, 0.3) is 0 Å². The maximum atomic E-state index is 11.2. The van der Waals surface area contributed by atoms with Crippen LogP contribution in [0.1, 0.15) is 68.2 Å². The second-order valence-corrected chi connectivity index (χ2v) is 4.27. The molecule has 0 heterocycles. The zero-order valence-corrected chi connectivity index (χ0v) is 17.7. The van der Waals surface area contributed by atoms with Crippen molar-refractivity contribution in [1.82, 2.24) is 0 Å². The number of allylic oxidation sites excluding steroid dienone is 4. The van der Waals surface area contributed by atoms with Gasteiger partial charge in [0.1, 0.15) is 0 Å². The summed E-state index contributed by atoms with van der Waals surface area (Å²) in [6, 6.07) is 0. The van der Waals surface area contributed by atoms with Crippen LogP contribution in [0.2, 0.25) is 0 Å². The SMILES string of the molecule is C=C/C=C\C(=C)CC(C)C(=O)OCC.CC.CC.CCOC(=O)CC. The molecule has 0 fully saturated rings. The number of ether oxygens (including phenoxy) is 2. The van der Waals surface area contributed by atoms with Gasteiger partial charge in [0.05, 0.1) is 19.1 Å². The molecule has 0 amide bonds. The average Bonchev–Trinajstić information content (AvgIpc) is 2.64. The topological polar surface area (TPSA) is 52.6 Å². The fraction of sp³-hybridized carbons (Fsp3) is 0.619. The van der Waals surface area contributed by atoms with Crippen molar-refractivity contribution in [1.29, 1.82) is 0 Å². The first-order valence-electron chi connectivity index (χ1n) is 9.21. The molecule has 0 aromatic heterocycles. The predicted octanol–water partition coefficient (Wildman–Crippen LogP) is 5.89. The molecule has 0 bridgehead atoms.